The van der Waals surface area contributed by atoms with Gasteiger partial charge in [-0.2, -0.15) is 0 Å². The van der Waals surface area contributed by atoms with Gasteiger partial charge in [-0.05, 0) is 6.42 Å². The van der Waals surface area contributed by atoms with E-state index < -0.39 is 5.91 Å². The van der Waals surface area contributed by atoms with Crippen molar-refractivity contribution >= 4 is 17.6 Å². The van der Waals surface area contributed by atoms with Crippen LogP contribution in [0.2, 0.25) is 0 Å². The zero-order valence-electron chi connectivity index (χ0n) is 14.1. The molecule has 0 aromatic carbocycles. The van der Waals surface area contributed by atoms with E-state index in [0.717, 1.165) is 12.8 Å². The molecule has 7 heteroatoms. The van der Waals surface area contributed by atoms with E-state index in [0.29, 0.717) is 12.2 Å². The molecule has 4 N–H and O–H groups in total. The lowest BCUT2D eigenvalue weighted by Crippen LogP contribution is -2.14. The van der Waals surface area contributed by atoms with Crippen LogP contribution in [0.3, 0.4) is 0 Å². The first kappa shape index (κ1) is 20.8. The van der Waals surface area contributed by atoms with Crippen LogP contribution in [0.15, 0.2) is 12.4 Å². The molecule has 0 saturated heterocycles. The van der Waals surface area contributed by atoms with Gasteiger partial charge in [-0.25, -0.2) is 4.98 Å². The van der Waals surface area contributed by atoms with Crippen molar-refractivity contribution in [1.82, 2.24) is 9.55 Å². The lowest BCUT2D eigenvalue weighted by atomic mass is 10.1. The van der Waals surface area contributed by atoms with Crippen LogP contribution in [0.5, 0.6) is 0 Å². The van der Waals surface area contributed by atoms with Crippen molar-refractivity contribution in [2.24, 2.45) is 18.5 Å². The third-order valence-electron chi connectivity index (χ3n) is 3.20. The highest BCUT2D eigenvalue weighted by atomic mass is 16.1. The van der Waals surface area contributed by atoms with Gasteiger partial charge in [-0.3, -0.25) is 14.4 Å². The largest absolute Gasteiger partial charge is 0.370 e. The minimum absolute atomic E-state index is 0.0751. The normalized spacial score (nSPS) is 9.83. The molecule has 0 fully saturated rings. The third-order valence-corrected chi connectivity index (χ3v) is 3.20. The molecule has 1 aromatic rings. The molecule has 0 saturated carbocycles. The van der Waals surface area contributed by atoms with E-state index in [-0.39, 0.29) is 24.5 Å². The predicted molar refractivity (Wildman–Crippen MR) is 88.5 cm³/mol. The number of ketones is 1. The number of rotatable bonds is 10. The molecule has 1 rings (SSSR count). The van der Waals surface area contributed by atoms with Crippen LogP contribution in [0.1, 0.15) is 68.9 Å². The van der Waals surface area contributed by atoms with Gasteiger partial charge in [-0.1, -0.05) is 32.6 Å². The second kappa shape index (κ2) is 12.4. The number of imidazole rings is 1. The monoisotopic (exact) mass is 324 g/mol. The Hall–Kier alpha value is -2.18. The number of carbonyl (C=O) groups excluding carboxylic acids is 3. The highest BCUT2D eigenvalue weighted by molar-refractivity contribution is 5.94. The average molecular weight is 324 g/mol. The zero-order chi connectivity index (χ0) is 17.7. The highest BCUT2D eigenvalue weighted by Crippen LogP contribution is 2.04. The Bertz CT molecular complexity index is 497. The first-order valence-electron chi connectivity index (χ1n) is 7.95. The Morgan fingerprint density at radius 1 is 1.00 bits per heavy atom. The van der Waals surface area contributed by atoms with Gasteiger partial charge in [0.05, 0.1) is 0 Å². The topological polar surface area (TPSA) is 121 Å². The summed E-state index contributed by atoms with van der Waals surface area (Å²) in [5, 5.41) is 0. The van der Waals surface area contributed by atoms with Gasteiger partial charge >= 0.3 is 0 Å². The molecule has 1 heterocycles. The predicted octanol–water partition coefficient (Wildman–Crippen LogP) is 1.70. The molecule has 0 spiro atoms. The SMILES string of the molecule is CCCCCCCC(N)=O.Cn1ccnc1C(=O)CCC(N)=O. The number of unbranched alkanes of at least 4 members (excludes halogenated alkanes) is 4. The standard InChI is InChI=1S/C8H11N3O2.C8H17NO/c1-11-5-4-10-8(11)6(12)2-3-7(9)13;1-2-3-4-5-6-7-8(9)10/h4-5H,2-3H2,1H3,(H2,9,13);2-7H2,1H3,(H2,9,10). The zero-order valence-corrected chi connectivity index (χ0v) is 14.1. The minimum Gasteiger partial charge on any atom is -0.370 e. The summed E-state index contributed by atoms with van der Waals surface area (Å²) in [6, 6.07) is 0. The van der Waals surface area contributed by atoms with Crippen LogP contribution in [-0.2, 0) is 16.6 Å². The molecule has 0 bridgehead atoms. The van der Waals surface area contributed by atoms with Crippen LogP contribution < -0.4 is 11.5 Å². The molecule has 7 nitrogen and oxygen atoms in total. The molecule has 0 radical (unpaired) electrons. The number of carbonyl (C=O) groups is 3. The van der Waals surface area contributed by atoms with Crippen molar-refractivity contribution < 1.29 is 14.4 Å². The summed E-state index contributed by atoms with van der Waals surface area (Å²) in [5.74, 6) is -0.438. The van der Waals surface area contributed by atoms with Crippen molar-refractivity contribution in [3.8, 4) is 0 Å². The summed E-state index contributed by atoms with van der Waals surface area (Å²) >= 11 is 0. The Morgan fingerprint density at radius 3 is 2.09 bits per heavy atom. The second-order valence-electron chi connectivity index (χ2n) is 5.38. The fraction of sp³-hybridized carbons (Fsp3) is 0.625. The summed E-state index contributed by atoms with van der Waals surface area (Å²) in [7, 11) is 1.73. The molecule has 23 heavy (non-hydrogen) atoms. The molecule has 0 unspecified atom stereocenters. The molecule has 0 aliphatic heterocycles. The number of aromatic nitrogens is 2. The molecule has 130 valence electrons. The van der Waals surface area contributed by atoms with Gasteiger partial charge in [0.1, 0.15) is 0 Å². The number of nitrogens with two attached hydrogens (primary N) is 2. The average Bonchev–Trinajstić information content (AvgIpc) is 2.91. The van der Waals surface area contributed by atoms with Gasteiger partial charge in [0.2, 0.25) is 11.8 Å². The summed E-state index contributed by atoms with van der Waals surface area (Å²) in [4.78, 5) is 35.9. The fourth-order valence-electron chi connectivity index (χ4n) is 1.89. The molecule has 0 aliphatic carbocycles. The lowest BCUT2D eigenvalue weighted by molar-refractivity contribution is -0.118. The number of aryl methyl sites for hydroxylation is 1. The molecule has 2 amide bonds. The summed E-state index contributed by atoms with van der Waals surface area (Å²) in [6.07, 6.45) is 9.86. The smallest absolute Gasteiger partial charge is 0.217 e. The highest BCUT2D eigenvalue weighted by Gasteiger charge is 2.11. The van der Waals surface area contributed by atoms with Crippen LogP contribution in [0, 0.1) is 0 Å². The summed E-state index contributed by atoms with van der Waals surface area (Å²) < 4.78 is 1.61. The minimum atomic E-state index is -0.470. The van der Waals surface area contributed by atoms with Gasteiger partial charge in [0.15, 0.2) is 11.6 Å². The van der Waals surface area contributed by atoms with E-state index in [2.05, 4.69) is 11.9 Å². The number of Topliss-reactive ketones (excluding diaryl/α,β-unsaturated/α-hetero) is 1. The van der Waals surface area contributed by atoms with E-state index in [9.17, 15) is 14.4 Å². The van der Waals surface area contributed by atoms with E-state index in [1.54, 1.807) is 17.8 Å². The quantitative estimate of drug-likeness (QED) is 0.502. The van der Waals surface area contributed by atoms with Gasteiger partial charge < -0.3 is 16.0 Å². The number of hydrogen-bond acceptors (Lipinski definition) is 4. The first-order chi connectivity index (χ1) is 10.9. The Morgan fingerprint density at radius 2 is 1.61 bits per heavy atom. The maximum Gasteiger partial charge on any atom is 0.217 e. The van der Waals surface area contributed by atoms with E-state index in [1.807, 2.05) is 0 Å². The summed E-state index contributed by atoms with van der Waals surface area (Å²) in [5.41, 5.74) is 9.88. The maximum absolute atomic E-state index is 11.3. The van der Waals surface area contributed by atoms with E-state index in [4.69, 9.17) is 11.5 Å². The number of nitrogens with zero attached hydrogens (tertiary/aromatic N) is 2. The molecular weight excluding hydrogens is 296 g/mol. The van der Waals surface area contributed by atoms with Crippen LogP contribution >= 0.6 is 0 Å². The van der Waals surface area contributed by atoms with Gasteiger partial charge in [-0.15, -0.1) is 0 Å². The Balaban J connectivity index is 0.000000438. The van der Waals surface area contributed by atoms with Gasteiger partial charge in [0.25, 0.3) is 0 Å². The van der Waals surface area contributed by atoms with E-state index in [1.165, 1.54) is 25.5 Å². The van der Waals surface area contributed by atoms with Crippen LogP contribution in [0.25, 0.3) is 0 Å². The van der Waals surface area contributed by atoms with Crippen molar-refractivity contribution in [3.63, 3.8) is 0 Å². The third kappa shape index (κ3) is 11.1. The number of primary amides is 2. The summed E-state index contributed by atoms with van der Waals surface area (Å²) in [6.45, 7) is 2.17. The van der Waals surface area contributed by atoms with Crippen molar-refractivity contribution in [2.45, 2.75) is 58.3 Å². The van der Waals surface area contributed by atoms with Crippen LogP contribution in [0.4, 0.5) is 0 Å². The lowest BCUT2D eigenvalue weighted by Gasteiger charge is -1.98. The second-order valence-corrected chi connectivity index (χ2v) is 5.38. The van der Waals surface area contributed by atoms with Crippen LogP contribution in [-0.4, -0.2) is 27.1 Å². The van der Waals surface area contributed by atoms with Gasteiger partial charge in [0, 0.05) is 38.7 Å². The maximum atomic E-state index is 11.3. The first-order valence-corrected chi connectivity index (χ1v) is 7.95. The van der Waals surface area contributed by atoms with Crippen molar-refractivity contribution in [2.75, 3.05) is 0 Å². The molecular formula is C16H28N4O3. The number of hydrogen-bond donors (Lipinski definition) is 2. The fourth-order valence-corrected chi connectivity index (χ4v) is 1.89. The van der Waals surface area contributed by atoms with E-state index >= 15 is 0 Å². The molecule has 0 atom stereocenters. The Labute approximate surface area is 137 Å². The van der Waals surface area contributed by atoms with Crippen molar-refractivity contribution in [1.29, 1.82) is 0 Å². The molecule has 0 aliphatic rings. The number of amides is 2. The molecule has 1 aromatic heterocycles. The van der Waals surface area contributed by atoms with Crippen molar-refractivity contribution in [3.05, 3.63) is 18.2 Å². The Kier molecular flexibility index (Phi) is 11.2.